The van der Waals surface area contributed by atoms with Gasteiger partial charge in [0, 0.05) is 50.2 Å². The number of nitrogens with zero attached hydrogens (tertiary/aromatic N) is 3. The lowest BCUT2D eigenvalue weighted by Gasteiger charge is -2.34. The van der Waals surface area contributed by atoms with Crippen molar-refractivity contribution in [3.63, 3.8) is 0 Å². The zero-order valence-corrected chi connectivity index (χ0v) is 14.7. The monoisotopic (exact) mass is 347 g/mol. The van der Waals surface area contributed by atoms with E-state index in [1.165, 1.54) is 10.4 Å². The van der Waals surface area contributed by atoms with E-state index in [0.29, 0.717) is 5.75 Å². The first-order chi connectivity index (χ1) is 11.2. The quantitative estimate of drug-likeness (QED) is 0.843. The van der Waals surface area contributed by atoms with Gasteiger partial charge in [0.25, 0.3) is 0 Å². The lowest BCUT2D eigenvalue weighted by Crippen LogP contribution is -2.48. The van der Waals surface area contributed by atoms with Gasteiger partial charge in [-0.25, -0.2) is 4.98 Å². The van der Waals surface area contributed by atoms with E-state index in [9.17, 15) is 4.79 Å². The molecule has 0 aliphatic carbocycles. The van der Waals surface area contributed by atoms with Crippen LogP contribution in [-0.4, -0.2) is 52.6 Å². The number of carbonyl (C=O) groups is 1. The summed E-state index contributed by atoms with van der Waals surface area (Å²) in [6.07, 6.45) is 2.89. The van der Waals surface area contributed by atoms with Crippen molar-refractivity contribution in [2.24, 2.45) is 0 Å². The van der Waals surface area contributed by atoms with Gasteiger partial charge < -0.3 is 4.90 Å². The number of hydrogen-bond donors (Lipinski definition) is 1. The molecule has 1 fully saturated rings. The predicted molar refractivity (Wildman–Crippen MR) is 97.1 cm³/mol. The predicted octanol–water partition coefficient (Wildman–Crippen LogP) is 2.31. The molecule has 1 aliphatic rings. The van der Waals surface area contributed by atoms with E-state index >= 15 is 0 Å². The van der Waals surface area contributed by atoms with E-state index < -0.39 is 0 Å². The normalized spacial score (nSPS) is 15.8. The average molecular weight is 348 g/mol. The van der Waals surface area contributed by atoms with Crippen molar-refractivity contribution in [3.05, 3.63) is 52.0 Å². The van der Waals surface area contributed by atoms with Gasteiger partial charge in [-0.15, -0.1) is 11.3 Å². The van der Waals surface area contributed by atoms with Crippen molar-refractivity contribution < 1.29 is 4.79 Å². The van der Waals surface area contributed by atoms with Gasteiger partial charge in [-0.1, -0.05) is 30.3 Å². The van der Waals surface area contributed by atoms with Crippen molar-refractivity contribution in [1.29, 1.82) is 0 Å². The fourth-order valence-corrected chi connectivity index (χ4v) is 3.95. The second-order valence-corrected chi connectivity index (χ2v) is 7.21. The Kier molecular flexibility index (Phi) is 5.70. The Morgan fingerprint density at radius 2 is 1.91 bits per heavy atom. The van der Waals surface area contributed by atoms with Gasteiger partial charge in [0.05, 0.1) is 10.8 Å². The van der Waals surface area contributed by atoms with Gasteiger partial charge in [-0.2, -0.15) is 12.6 Å². The molecule has 1 aromatic carbocycles. The summed E-state index contributed by atoms with van der Waals surface area (Å²) in [6.45, 7) is 4.37. The molecule has 1 amide bonds. The molecular formula is C17H21N3OS2. The summed E-state index contributed by atoms with van der Waals surface area (Å²) in [4.78, 5) is 21.8. The second-order valence-electron chi connectivity index (χ2n) is 5.70. The molecule has 0 atom stereocenters. The summed E-state index contributed by atoms with van der Waals surface area (Å²) in [7, 11) is 0. The molecule has 3 rings (SSSR count). The van der Waals surface area contributed by atoms with Crippen LogP contribution in [-0.2, 0) is 17.8 Å². The Balaban J connectivity index is 1.51. The van der Waals surface area contributed by atoms with E-state index in [0.717, 1.165) is 44.2 Å². The molecule has 4 nitrogen and oxygen atoms in total. The Bertz CT molecular complexity index is 636. The first-order valence-electron chi connectivity index (χ1n) is 7.83. The Hall–Kier alpha value is -1.37. The molecule has 0 spiro atoms. The molecule has 0 radical (unpaired) electrons. The van der Waals surface area contributed by atoms with E-state index in [2.05, 4.69) is 46.8 Å². The van der Waals surface area contributed by atoms with E-state index in [1.54, 1.807) is 11.3 Å². The number of thiol groups is 1. The van der Waals surface area contributed by atoms with Gasteiger partial charge in [0.15, 0.2) is 0 Å². The van der Waals surface area contributed by atoms with Gasteiger partial charge in [-0.3, -0.25) is 9.69 Å². The van der Waals surface area contributed by atoms with Crippen LogP contribution in [0.4, 0.5) is 0 Å². The minimum Gasteiger partial charge on any atom is -0.339 e. The highest BCUT2D eigenvalue weighted by Crippen LogP contribution is 2.19. The van der Waals surface area contributed by atoms with E-state index in [1.807, 2.05) is 17.2 Å². The van der Waals surface area contributed by atoms with Crippen LogP contribution >= 0.6 is 24.0 Å². The Morgan fingerprint density at radius 1 is 1.17 bits per heavy atom. The van der Waals surface area contributed by atoms with Crippen LogP contribution in [0.5, 0.6) is 0 Å². The highest BCUT2D eigenvalue weighted by molar-refractivity contribution is 7.81. The molecule has 0 bridgehead atoms. The molecule has 2 heterocycles. The number of hydrogen-bond acceptors (Lipinski definition) is 5. The molecule has 1 aromatic heterocycles. The zero-order chi connectivity index (χ0) is 16.1. The number of carbonyl (C=O) groups excluding carboxylic acids is 1. The number of thiazole rings is 1. The largest absolute Gasteiger partial charge is 0.339 e. The minimum absolute atomic E-state index is 0.135. The third-order valence-electron chi connectivity index (χ3n) is 4.04. The van der Waals surface area contributed by atoms with Crippen molar-refractivity contribution in [1.82, 2.24) is 14.8 Å². The first kappa shape index (κ1) is 16.5. The standard InChI is InChI=1S/C17H21N3OS2/c21-17(13-22)20-8-6-19(7-9-20)12-15-11-18-16(23-15)10-14-4-2-1-3-5-14/h1-5,11,22H,6-10,12-13H2. The van der Waals surface area contributed by atoms with Crippen molar-refractivity contribution in [2.75, 3.05) is 31.9 Å². The van der Waals surface area contributed by atoms with Crippen LogP contribution in [0.1, 0.15) is 15.4 Å². The average Bonchev–Trinajstić information content (AvgIpc) is 3.02. The smallest absolute Gasteiger partial charge is 0.232 e. The van der Waals surface area contributed by atoms with Crippen LogP contribution in [0, 0.1) is 0 Å². The van der Waals surface area contributed by atoms with Crippen molar-refractivity contribution in [3.8, 4) is 0 Å². The van der Waals surface area contributed by atoms with Crippen LogP contribution in [0.25, 0.3) is 0 Å². The van der Waals surface area contributed by atoms with Crippen molar-refractivity contribution in [2.45, 2.75) is 13.0 Å². The highest BCUT2D eigenvalue weighted by Gasteiger charge is 2.20. The number of rotatable bonds is 5. The van der Waals surface area contributed by atoms with E-state index in [4.69, 9.17) is 0 Å². The van der Waals surface area contributed by atoms with Gasteiger partial charge in [-0.05, 0) is 5.56 Å². The maximum atomic E-state index is 11.6. The fourth-order valence-electron chi connectivity index (χ4n) is 2.75. The number of benzene rings is 1. The fraction of sp³-hybridized carbons (Fsp3) is 0.412. The molecular weight excluding hydrogens is 326 g/mol. The van der Waals surface area contributed by atoms with Gasteiger partial charge in [0.1, 0.15) is 0 Å². The maximum Gasteiger partial charge on any atom is 0.232 e. The summed E-state index contributed by atoms with van der Waals surface area (Å²) in [5.74, 6) is 0.438. The molecule has 1 saturated heterocycles. The molecule has 0 unspecified atom stereocenters. The van der Waals surface area contributed by atoms with Crippen LogP contribution in [0.15, 0.2) is 36.5 Å². The maximum absolute atomic E-state index is 11.6. The SMILES string of the molecule is O=C(CS)N1CCN(Cc2cnc(Cc3ccccc3)s2)CC1. The number of piperazine rings is 1. The molecule has 23 heavy (non-hydrogen) atoms. The molecule has 0 N–H and O–H groups in total. The summed E-state index contributed by atoms with van der Waals surface area (Å²) in [5.41, 5.74) is 1.30. The lowest BCUT2D eigenvalue weighted by molar-refractivity contribution is -0.130. The molecule has 0 saturated carbocycles. The summed E-state index contributed by atoms with van der Waals surface area (Å²) in [5, 5.41) is 1.16. The lowest BCUT2D eigenvalue weighted by atomic mass is 10.2. The Morgan fingerprint density at radius 3 is 2.61 bits per heavy atom. The minimum atomic E-state index is 0.135. The van der Waals surface area contributed by atoms with Gasteiger partial charge >= 0.3 is 0 Å². The first-order valence-corrected chi connectivity index (χ1v) is 9.28. The van der Waals surface area contributed by atoms with Crippen LogP contribution in [0.2, 0.25) is 0 Å². The molecule has 1 aliphatic heterocycles. The summed E-state index contributed by atoms with van der Waals surface area (Å²) in [6, 6.07) is 10.4. The van der Waals surface area contributed by atoms with Crippen LogP contribution in [0.3, 0.4) is 0 Å². The molecule has 6 heteroatoms. The third-order valence-corrected chi connectivity index (χ3v) is 5.29. The number of amides is 1. The van der Waals surface area contributed by atoms with E-state index in [-0.39, 0.29) is 5.91 Å². The topological polar surface area (TPSA) is 36.4 Å². The van der Waals surface area contributed by atoms with Gasteiger partial charge in [0.2, 0.25) is 5.91 Å². The Labute approximate surface area is 146 Å². The third kappa shape index (κ3) is 4.56. The van der Waals surface area contributed by atoms with Crippen LogP contribution < -0.4 is 0 Å². The molecule has 122 valence electrons. The summed E-state index contributed by atoms with van der Waals surface area (Å²) >= 11 is 5.85. The molecule has 2 aromatic rings. The highest BCUT2D eigenvalue weighted by atomic mass is 32.1. The summed E-state index contributed by atoms with van der Waals surface area (Å²) < 4.78 is 0. The second kappa shape index (κ2) is 7.95. The number of aromatic nitrogens is 1. The van der Waals surface area contributed by atoms with Crippen molar-refractivity contribution >= 4 is 29.9 Å². The zero-order valence-electron chi connectivity index (χ0n) is 13.0.